The van der Waals surface area contributed by atoms with Crippen molar-refractivity contribution in [3.05, 3.63) is 92.7 Å². The van der Waals surface area contributed by atoms with E-state index >= 15 is 0 Å². The maximum absolute atomic E-state index is 14.2. The zero-order valence-electron chi connectivity index (χ0n) is 14.4. The number of rotatable bonds is 4. The van der Waals surface area contributed by atoms with Gasteiger partial charge in [-0.2, -0.15) is 0 Å². The van der Waals surface area contributed by atoms with Crippen molar-refractivity contribution in [3.63, 3.8) is 0 Å². The Bertz CT molecular complexity index is 1280. The number of aromatic nitrogens is 2. The van der Waals surface area contributed by atoms with Gasteiger partial charge in [-0.1, -0.05) is 34.1 Å². The Morgan fingerprint density at radius 3 is 2.64 bits per heavy atom. The van der Waals surface area contributed by atoms with Crippen molar-refractivity contribution in [2.24, 2.45) is 0 Å². The quantitative estimate of drug-likeness (QED) is 0.485. The van der Waals surface area contributed by atoms with E-state index < -0.39 is 17.3 Å². The molecule has 0 aliphatic carbocycles. The fraction of sp³-hybridized carbons (Fsp3) is 0.0476. The number of carboxylic acids is 1. The highest BCUT2D eigenvalue weighted by Gasteiger charge is 2.25. The van der Waals surface area contributed by atoms with Crippen molar-refractivity contribution < 1.29 is 14.3 Å². The number of pyridine rings is 1. The van der Waals surface area contributed by atoms with E-state index in [1.165, 1.54) is 16.8 Å². The number of benzene rings is 2. The number of aromatic carboxylic acids is 1. The number of carbonyl (C=O) groups is 1. The molecule has 0 atom stereocenters. The highest BCUT2D eigenvalue weighted by atomic mass is 79.9. The standard InChI is InChI=1S/C21H14BrFN2O3/c22-13-7-8-17-15(10-13)18(14-5-3-9-24-20(14)26)19(21(27)28)25(17)11-12-4-1-2-6-16(12)23/h1-10H,11H2,(H,24,26)(H,27,28). The van der Waals surface area contributed by atoms with Crippen LogP contribution < -0.4 is 5.56 Å². The predicted octanol–water partition coefficient (Wildman–Crippen LogP) is 4.64. The molecular formula is C21H14BrFN2O3. The Kier molecular flexibility index (Phi) is 4.60. The van der Waals surface area contributed by atoms with Crippen molar-refractivity contribution in [2.45, 2.75) is 6.54 Å². The van der Waals surface area contributed by atoms with Gasteiger partial charge in [-0.15, -0.1) is 0 Å². The van der Waals surface area contributed by atoms with Gasteiger partial charge < -0.3 is 14.7 Å². The molecule has 2 aromatic heterocycles. The lowest BCUT2D eigenvalue weighted by Gasteiger charge is -2.10. The number of nitrogens with zero attached hydrogens (tertiary/aromatic N) is 1. The maximum Gasteiger partial charge on any atom is 0.353 e. The Labute approximate surface area is 167 Å². The molecular weight excluding hydrogens is 427 g/mol. The van der Waals surface area contributed by atoms with E-state index in [-0.39, 0.29) is 17.8 Å². The second kappa shape index (κ2) is 7.09. The number of hydrogen-bond acceptors (Lipinski definition) is 2. The van der Waals surface area contributed by atoms with E-state index in [4.69, 9.17) is 0 Å². The summed E-state index contributed by atoms with van der Waals surface area (Å²) >= 11 is 3.40. The fourth-order valence-corrected chi connectivity index (χ4v) is 3.76. The topological polar surface area (TPSA) is 75.1 Å². The lowest BCUT2D eigenvalue weighted by molar-refractivity contribution is 0.0687. The first kappa shape index (κ1) is 18.2. The first-order valence-electron chi connectivity index (χ1n) is 8.44. The number of halogens is 2. The lowest BCUT2D eigenvalue weighted by Crippen LogP contribution is -2.14. The monoisotopic (exact) mass is 440 g/mol. The minimum absolute atomic E-state index is 0.0250. The van der Waals surface area contributed by atoms with Crippen molar-refractivity contribution in [3.8, 4) is 11.1 Å². The number of hydrogen-bond donors (Lipinski definition) is 2. The molecule has 2 aromatic carbocycles. The summed E-state index contributed by atoms with van der Waals surface area (Å²) in [4.78, 5) is 27.2. The van der Waals surface area contributed by atoms with Crippen molar-refractivity contribution >= 4 is 32.8 Å². The number of nitrogens with one attached hydrogen (secondary N) is 1. The summed E-state index contributed by atoms with van der Waals surface area (Å²) < 4.78 is 16.5. The molecule has 0 radical (unpaired) electrons. The van der Waals surface area contributed by atoms with Crippen LogP contribution in [0.3, 0.4) is 0 Å². The molecule has 2 N–H and O–H groups in total. The summed E-state index contributed by atoms with van der Waals surface area (Å²) in [5, 5.41) is 10.6. The van der Waals surface area contributed by atoms with Gasteiger partial charge in [-0.05, 0) is 36.4 Å². The number of carboxylic acid groups (broad SMARTS) is 1. The zero-order valence-corrected chi connectivity index (χ0v) is 16.0. The normalized spacial score (nSPS) is 11.1. The average molecular weight is 441 g/mol. The van der Waals surface area contributed by atoms with Gasteiger partial charge in [0.2, 0.25) is 0 Å². The van der Waals surface area contributed by atoms with Crippen LogP contribution in [0, 0.1) is 5.82 Å². The van der Waals surface area contributed by atoms with Crippen LogP contribution in [0.2, 0.25) is 0 Å². The van der Waals surface area contributed by atoms with Crippen LogP contribution in [0.25, 0.3) is 22.0 Å². The van der Waals surface area contributed by atoms with Crippen LogP contribution in [-0.4, -0.2) is 20.6 Å². The fourth-order valence-electron chi connectivity index (χ4n) is 3.40. The molecule has 0 bridgehead atoms. The minimum atomic E-state index is -1.19. The molecule has 140 valence electrons. The predicted molar refractivity (Wildman–Crippen MR) is 108 cm³/mol. The molecule has 0 saturated carbocycles. The Balaban J connectivity index is 2.09. The Hall–Kier alpha value is -3.19. The largest absolute Gasteiger partial charge is 0.477 e. The molecule has 2 heterocycles. The molecule has 0 aliphatic rings. The van der Waals surface area contributed by atoms with Crippen LogP contribution in [0.1, 0.15) is 16.1 Å². The summed E-state index contributed by atoms with van der Waals surface area (Å²) in [6.45, 7) is 0.0250. The number of aromatic amines is 1. The third kappa shape index (κ3) is 3.03. The molecule has 0 unspecified atom stereocenters. The summed E-state index contributed by atoms with van der Waals surface area (Å²) in [5.74, 6) is -1.61. The van der Waals surface area contributed by atoms with Crippen LogP contribution >= 0.6 is 15.9 Å². The van der Waals surface area contributed by atoms with E-state index in [0.717, 1.165) is 4.47 Å². The summed E-state index contributed by atoms with van der Waals surface area (Å²) in [5.41, 5.74) is 1.06. The molecule has 0 spiro atoms. The van der Waals surface area contributed by atoms with Crippen molar-refractivity contribution in [2.75, 3.05) is 0 Å². The molecule has 5 nitrogen and oxygen atoms in total. The third-order valence-corrected chi connectivity index (χ3v) is 5.10. The van der Waals surface area contributed by atoms with Gasteiger partial charge >= 0.3 is 5.97 Å². The Morgan fingerprint density at radius 2 is 1.93 bits per heavy atom. The number of H-pyrrole nitrogens is 1. The van der Waals surface area contributed by atoms with Gasteiger partial charge in [-0.3, -0.25) is 4.79 Å². The van der Waals surface area contributed by atoms with Gasteiger partial charge in [0.1, 0.15) is 11.5 Å². The van der Waals surface area contributed by atoms with Gasteiger partial charge in [0.25, 0.3) is 5.56 Å². The van der Waals surface area contributed by atoms with Crippen LogP contribution in [-0.2, 0) is 6.54 Å². The van der Waals surface area contributed by atoms with E-state index in [0.29, 0.717) is 22.0 Å². The molecule has 0 aliphatic heterocycles. The van der Waals surface area contributed by atoms with E-state index in [2.05, 4.69) is 20.9 Å². The van der Waals surface area contributed by atoms with Gasteiger partial charge in [0, 0.05) is 38.3 Å². The Morgan fingerprint density at radius 1 is 1.14 bits per heavy atom. The summed E-state index contributed by atoms with van der Waals surface area (Å²) in [6.07, 6.45) is 1.49. The van der Waals surface area contributed by atoms with E-state index in [9.17, 15) is 19.1 Å². The molecule has 0 amide bonds. The van der Waals surface area contributed by atoms with Gasteiger partial charge in [-0.25, -0.2) is 9.18 Å². The smallest absolute Gasteiger partial charge is 0.353 e. The van der Waals surface area contributed by atoms with E-state index in [1.54, 1.807) is 48.5 Å². The first-order valence-corrected chi connectivity index (χ1v) is 9.23. The van der Waals surface area contributed by atoms with Crippen LogP contribution in [0.5, 0.6) is 0 Å². The van der Waals surface area contributed by atoms with Gasteiger partial charge in [0.15, 0.2) is 0 Å². The SMILES string of the molecule is O=C(O)c1c(-c2ccc[nH]c2=O)c2cc(Br)ccc2n1Cc1ccccc1F. The molecule has 28 heavy (non-hydrogen) atoms. The highest BCUT2D eigenvalue weighted by Crippen LogP contribution is 2.36. The third-order valence-electron chi connectivity index (χ3n) is 4.60. The molecule has 7 heteroatoms. The highest BCUT2D eigenvalue weighted by molar-refractivity contribution is 9.10. The number of fused-ring (bicyclic) bond motifs is 1. The second-order valence-electron chi connectivity index (χ2n) is 6.28. The minimum Gasteiger partial charge on any atom is -0.477 e. The van der Waals surface area contributed by atoms with Crippen molar-refractivity contribution in [1.29, 1.82) is 0 Å². The molecule has 4 rings (SSSR count). The van der Waals surface area contributed by atoms with Crippen molar-refractivity contribution in [1.82, 2.24) is 9.55 Å². The first-order chi connectivity index (χ1) is 13.5. The molecule has 0 fully saturated rings. The summed E-state index contributed by atoms with van der Waals surface area (Å²) in [7, 11) is 0. The van der Waals surface area contributed by atoms with E-state index in [1.807, 2.05) is 0 Å². The maximum atomic E-state index is 14.2. The van der Waals surface area contributed by atoms with Crippen LogP contribution in [0.15, 0.2) is 70.1 Å². The van der Waals surface area contributed by atoms with Crippen LogP contribution in [0.4, 0.5) is 4.39 Å². The van der Waals surface area contributed by atoms with Gasteiger partial charge in [0.05, 0.1) is 6.54 Å². The average Bonchev–Trinajstić information content (AvgIpc) is 2.97. The molecule has 4 aromatic rings. The lowest BCUT2D eigenvalue weighted by atomic mass is 10.0. The zero-order chi connectivity index (χ0) is 19.8. The molecule has 0 saturated heterocycles. The summed E-state index contributed by atoms with van der Waals surface area (Å²) in [6, 6.07) is 14.7. The second-order valence-corrected chi connectivity index (χ2v) is 7.20.